The third-order valence-electron chi connectivity index (χ3n) is 0.947. The number of rotatable bonds is 3. The van der Waals surface area contributed by atoms with E-state index in [2.05, 4.69) is 6.58 Å². The van der Waals surface area contributed by atoms with Crippen LogP contribution in [0.2, 0.25) is 0 Å². The second-order valence-corrected chi connectivity index (χ2v) is 1.70. The van der Waals surface area contributed by atoms with Gasteiger partial charge >= 0.3 is 0 Å². The van der Waals surface area contributed by atoms with E-state index in [4.69, 9.17) is 5.73 Å². The molecule has 2 N–H and O–H groups in total. The van der Waals surface area contributed by atoms with Crippen LogP contribution in [-0.2, 0) is 0 Å². The molecule has 0 aliphatic rings. The number of nitrogens with two attached hydrogens (primary N) is 1. The molecule has 0 fully saturated rings. The molecule has 0 aliphatic heterocycles. The maximum Gasteiger partial charge on any atom is 0.0256 e. The predicted octanol–water partition coefficient (Wildman–Crippen LogP) is 1.71. The van der Waals surface area contributed by atoms with E-state index in [0.717, 1.165) is 6.42 Å². The molecule has 48 valence electrons. The van der Waals surface area contributed by atoms with Crippen LogP contribution in [0.25, 0.3) is 0 Å². The molecule has 0 aliphatic carbocycles. The lowest BCUT2D eigenvalue weighted by atomic mass is 10.2. The first-order valence-electron chi connectivity index (χ1n) is 2.80. The van der Waals surface area contributed by atoms with Crippen molar-refractivity contribution in [2.24, 2.45) is 5.73 Å². The van der Waals surface area contributed by atoms with Crippen LogP contribution in [0.4, 0.5) is 0 Å². The Kier molecular flexibility index (Phi) is 4.27. The van der Waals surface area contributed by atoms with E-state index in [9.17, 15) is 0 Å². The third kappa shape index (κ3) is 3.62. The highest BCUT2D eigenvalue weighted by Gasteiger charge is 1.87. The smallest absolute Gasteiger partial charge is 0.0256 e. The van der Waals surface area contributed by atoms with Crippen molar-refractivity contribution in [2.75, 3.05) is 0 Å². The fourth-order valence-corrected chi connectivity index (χ4v) is 0.389. The van der Waals surface area contributed by atoms with E-state index in [-0.39, 0.29) is 7.47 Å². The van der Waals surface area contributed by atoms with Crippen LogP contribution in [0.15, 0.2) is 24.8 Å². The molecular formula is C7H15N. The Balaban J connectivity index is 0. The van der Waals surface area contributed by atoms with E-state index in [1.165, 1.54) is 0 Å². The fourth-order valence-electron chi connectivity index (χ4n) is 0.389. The molecule has 0 spiro atoms. The first kappa shape index (κ1) is 7.44. The highest BCUT2D eigenvalue weighted by Crippen LogP contribution is 1.88. The van der Waals surface area contributed by atoms with Gasteiger partial charge in [0, 0.05) is 7.47 Å². The molecule has 0 rings (SSSR count). The van der Waals surface area contributed by atoms with Crippen LogP contribution in [0.3, 0.4) is 0 Å². The van der Waals surface area contributed by atoms with Crippen molar-refractivity contribution >= 4 is 0 Å². The van der Waals surface area contributed by atoms with Crippen molar-refractivity contribution in [3.63, 3.8) is 0 Å². The van der Waals surface area contributed by atoms with Crippen molar-refractivity contribution in [1.82, 2.24) is 0 Å². The fraction of sp³-hybridized carbons (Fsp3) is 0.429. The Labute approximate surface area is 52.4 Å². The second-order valence-electron chi connectivity index (χ2n) is 1.70. The first-order chi connectivity index (χ1) is 3.81. The molecule has 8 heavy (non-hydrogen) atoms. The summed E-state index contributed by atoms with van der Waals surface area (Å²) < 4.78 is 0. The van der Waals surface area contributed by atoms with Gasteiger partial charge in [-0.05, 0) is 13.3 Å². The van der Waals surface area contributed by atoms with Crippen molar-refractivity contribution in [3.8, 4) is 0 Å². The predicted molar refractivity (Wildman–Crippen MR) is 39.7 cm³/mol. The zero-order chi connectivity index (χ0) is 6.41. The minimum atomic E-state index is 0. The molecule has 0 aromatic carbocycles. The summed E-state index contributed by atoms with van der Waals surface area (Å²) in [4.78, 5) is 0. The SMILES string of the molecule is C=CC(N)C/C=C\C.[HH]. The molecule has 1 unspecified atom stereocenters. The quantitative estimate of drug-likeness (QED) is 0.554. The average Bonchev–Trinajstić information content (AvgIpc) is 1.83. The zero-order valence-electron chi connectivity index (χ0n) is 5.30. The van der Waals surface area contributed by atoms with E-state index in [0.29, 0.717) is 0 Å². The highest BCUT2D eigenvalue weighted by atomic mass is 14.6. The summed E-state index contributed by atoms with van der Waals surface area (Å²) in [5.41, 5.74) is 5.49. The van der Waals surface area contributed by atoms with E-state index in [1.807, 2.05) is 19.1 Å². The molecule has 1 nitrogen and oxygen atoms in total. The van der Waals surface area contributed by atoms with Crippen molar-refractivity contribution in [1.29, 1.82) is 0 Å². The zero-order valence-corrected chi connectivity index (χ0v) is 5.30. The first-order valence-corrected chi connectivity index (χ1v) is 2.80. The topological polar surface area (TPSA) is 26.0 Å². The Hall–Kier alpha value is -0.560. The van der Waals surface area contributed by atoms with Crippen molar-refractivity contribution in [3.05, 3.63) is 24.8 Å². The largest absolute Gasteiger partial charge is 0.324 e. The molecule has 0 heterocycles. The lowest BCUT2D eigenvalue weighted by Gasteiger charge is -1.97. The summed E-state index contributed by atoms with van der Waals surface area (Å²) in [6.45, 7) is 5.54. The van der Waals surface area contributed by atoms with Gasteiger partial charge < -0.3 is 5.73 Å². The van der Waals surface area contributed by atoms with Crippen LogP contribution in [0.1, 0.15) is 14.8 Å². The molecule has 0 saturated heterocycles. The summed E-state index contributed by atoms with van der Waals surface area (Å²) in [6.07, 6.45) is 6.68. The monoisotopic (exact) mass is 113 g/mol. The van der Waals surface area contributed by atoms with Gasteiger partial charge in [-0.1, -0.05) is 18.2 Å². The Bertz CT molecular complexity index is 88.9. The summed E-state index contributed by atoms with van der Waals surface area (Å²) >= 11 is 0. The van der Waals surface area contributed by atoms with Gasteiger partial charge in [-0.15, -0.1) is 6.58 Å². The Morgan fingerprint density at radius 2 is 2.50 bits per heavy atom. The van der Waals surface area contributed by atoms with Crippen LogP contribution in [-0.4, -0.2) is 6.04 Å². The van der Waals surface area contributed by atoms with Crippen LogP contribution >= 0.6 is 0 Å². The van der Waals surface area contributed by atoms with Crippen molar-refractivity contribution in [2.45, 2.75) is 19.4 Å². The summed E-state index contributed by atoms with van der Waals surface area (Å²) in [7, 11) is 0. The average molecular weight is 113 g/mol. The summed E-state index contributed by atoms with van der Waals surface area (Å²) in [5.74, 6) is 0. The third-order valence-corrected chi connectivity index (χ3v) is 0.947. The van der Waals surface area contributed by atoms with Gasteiger partial charge in [0.15, 0.2) is 0 Å². The molecule has 0 bridgehead atoms. The maximum atomic E-state index is 5.49. The van der Waals surface area contributed by atoms with Gasteiger partial charge in [0.25, 0.3) is 0 Å². The molecule has 0 radical (unpaired) electrons. The second kappa shape index (κ2) is 4.60. The maximum absolute atomic E-state index is 5.49. The van der Waals surface area contributed by atoms with Crippen LogP contribution in [0.5, 0.6) is 0 Å². The van der Waals surface area contributed by atoms with Crippen molar-refractivity contribution < 1.29 is 1.43 Å². The van der Waals surface area contributed by atoms with Crippen LogP contribution < -0.4 is 5.73 Å². The number of hydrogen-bond acceptors (Lipinski definition) is 1. The molecule has 1 heteroatoms. The van der Waals surface area contributed by atoms with Gasteiger partial charge in [0.2, 0.25) is 0 Å². The molecular weight excluding hydrogens is 98.1 g/mol. The van der Waals surface area contributed by atoms with Gasteiger partial charge in [0.05, 0.1) is 0 Å². The molecule has 0 aromatic rings. The van der Waals surface area contributed by atoms with Gasteiger partial charge in [-0.25, -0.2) is 0 Å². The summed E-state index contributed by atoms with van der Waals surface area (Å²) in [5, 5.41) is 0. The van der Waals surface area contributed by atoms with Gasteiger partial charge in [0.1, 0.15) is 0 Å². The van der Waals surface area contributed by atoms with Gasteiger partial charge in [-0.3, -0.25) is 0 Å². The Morgan fingerprint density at radius 3 is 2.88 bits per heavy atom. The lowest BCUT2D eigenvalue weighted by molar-refractivity contribution is 0.835. The minimum absolute atomic E-state index is 0. The number of allylic oxidation sites excluding steroid dienone is 1. The standard InChI is InChI=1S/C7H13N.H2/c1-3-5-6-7(8)4-2;/h3-5,7H,2,6,8H2,1H3;1H/b5-3-;. The molecule has 1 atom stereocenters. The van der Waals surface area contributed by atoms with E-state index in [1.54, 1.807) is 6.08 Å². The van der Waals surface area contributed by atoms with E-state index >= 15 is 0 Å². The molecule has 0 aromatic heterocycles. The normalized spacial score (nSPS) is 14.2. The van der Waals surface area contributed by atoms with E-state index < -0.39 is 0 Å². The minimum Gasteiger partial charge on any atom is -0.324 e. The lowest BCUT2D eigenvalue weighted by Crippen LogP contribution is -2.14. The summed E-state index contributed by atoms with van der Waals surface area (Å²) in [6, 6.07) is 0.131. The highest BCUT2D eigenvalue weighted by molar-refractivity contribution is 4.90. The molecule has 0 amide bonds. The Morgan fingerprint density at radius 1 is 1.88 bits per heavy atom. The molecule has 0 saturated carbocycles. The van der Waals surface area contributed by atoms with Crippen LogP contribution in [0, 0.1) is 0 Å². The van der Waals surface area contributed by atoms with Gasteiger partial charge in [-0.2, -0.15) is 0 Å². The number of hydrogen-bond donors (Lipinski definition) is 1.